The second-order valence-electron chi connectivity index (χ2n) is 2.01. The number of halogens is 3. The Labute approximate surface area is 91.5 Å². The summed E-state index contributed by atoms with van der Waals surface area (Å²) in [4.78, 5) is 0. The fraction of sp³-hybridized carbons (Fsp3) is 0. The van der Waals surface area contributed by atoms with E-state index in [-0.39, 0.29) is 5.17 Å². The monoisotopic (exact) mass is 311 g/mol. The van der Waals surface area contributed by atoms with E-state index in [2.05, 4.69) is 37.0 Å². The number of oxime groups is 1. The second kappa shape index (κ2) is 4.25. The van der Waals surface area contributed by atoms with Crippen LogP contribution in [-0.4, -0.2) is 10.4 Å². The minimum Gasteiger partial charge on any atom is -0.410 e. The quantitative estimate of drug-likeness (QED) is 0.480. The third-order valence-electron chi connectivity index (χ3n) is 1.24. The Morgan fingerprint density at radius 2 is 2.08 bits per heavy atom. The molecule has 0 unspecified atom stereocenters. The van der Waals surface area contributed by atoms with Gasteiger partial charge in [0.05, 0.1) is 0 Å². The predicted molar refractivity (Wildman–Crippen MR) is 56.0 cm³/mol. The predicted octanol–water partition coefficient (Wildman–Crippen LogP) is 3.59. The molecule has 2 nitrogen and oxygen atoms in total. The SMILES string of the molecule is ON=C(Cl)c1ccc(Br)cc1Br. The zero-order valence-corrected chi connectivity index (χ0v) is 9.69. The minimum atomic E-state index is 0.0642. The average Bonchev–Trinajstić information content (AvgIpc) is 2.03. The summed E-state index contributed by atoms with van der Waals surface area (Å²) in [7, 11) is 0. The topological polar surface area (TPSA) is 32.6 Å². The Kier molecular flexibility index (Phi) is 3.55. The van der Waals surface area contributed by atoms with Crippen LogP contribution in [0.1, 0.15) is 5.56 Å². The molecule has 0 amide bonds. The smallest absolute Gasteiger partial charge is 0.176 e. The molecule has 1 rings (SSSR count). The van der Waals surface area contributed by atoms with Crippen molar-refractivity contribution in [1.82, 2.24) is 0 Å². The molecule has 0 atom stereocenters. The molecule has 0 radical (unpaired) electrons. The lowest BCUT2D eigenvalue weighted by molar-refractivity contribution is 0.321. The third kappa shape index (κ3) is 2.21. The van der Waals surface area contributed by atoms with Crippen LogP contribution in [0.5, 0.6) is 0 Å². The van der Waals surface area contributed by atoms with E-state index in [1.165, 1.54) is 0 Å². The molecular weight excluding hydrogens is 309 g/mol. The molecule has 1 N–H and O–H groups in total. The number of nitrogens with zero attached hydrogens (tertiary/aromatic N) is 1. The van der Waals surface area contributed by atoms with Crippen LogP contribution in [0.2, 0.25) is 0 Å². The largest absolute Gasteiger partial charge is 0.410 e. The van der Waals surface area contributed by atoms with Gasteiger partial charge in [-0.1, -0.05) is 48.6 Å². The maximum Gasteiger partial charge on any atom is 0.176 e. The van der Waals surface area contributed by atoms with Gasteiger partial charge in [0, 0.05) is 14.5 Å². The van der Waals surface area contributed by atoms with Crippen molar-refractivity contribution in [1.29, 1.82) is 0 Å². The van der Waals surface area contributed by atoms with Gasteiger partial charge in [0.15, 0.2) is 5.17 Å². The van der Waals surface area contributed by atoms with Crippen LogP contribution in [0.3, 0.4) is 0 Å². The van der Waals surface area contributed by atoms with Crippen molar-refractivity contribution in [3.05, 3.63) is 32.7 Å². The van der Waals surface area contributed by atoms with Gasteiger partial charge in [-0.3, -0.25) is 0 Å². The first kappa shape index (κ1) is 10.0. The summed E-state index contributed by atoms with van der Waals surface area (Å²) in [5.74, 6) is 0. The molecule has 0 spiro atoms. The van der Waals surface area contributed by atoms with E-state index in [9.17, 15) is 0 Å². The van der Waals surface area contributed by atoms with Gasteiger partial charge in [-0.2, -0.15) is 0 Å². The van der Waals surface area contributed by atoms with Crippen molar-refractivity contribution in [2.75, 3.05) is 0 Å². The molecule has 0 heterocycles. The minimum absolute atomic E-state index is 0.0642. The van der Waals surface area contributed by atoms with Crippen LogP contribution in [0.15, 0.2) is 32.3 Å². The molecule has 0 aliphatic heterocycles. The van der Waals surface area contributed by atoms with Crippen molar-refractivity contribution in [2.24, 2.45) is 5.16 Å². The Morgan fingerprint density at radius 3 is 2.58 bits per heavy atom. The van der Waals surface area contributed by atoms with E-state index in [0.29, 0.717) is 5.56 Å². The maximum atomic E-state index is 8.41. The van der Waals surface area contributed by atoms with Gasteiger partial charge in [0.2, 0.25) is 0 Å². The van der Waals surface area contributed by atoms with E-state index in [1.54, 1.807) is 6.07 Å². The van der Waals surface area contributed by atoms with Crippen LogP contribution < -0.4 is 0 Å². The normalized spacial score (nSPS) is 11.8. The zero-order valence-electron chi connectivity index (χ0n) is 5.76. The number of rotatable bonds is 1. The van der Waals surface area contributed by atoms with Crippen LogP contribution >= 0.6 is 43.5 Å². The fourth-order valence-electron chi connectivity index (χ4n) is 0.711. The molecule has 0 saturated carbocycles. The van der Waals surface area contributed by atoms with Gasteiger partial charge >= 0.3 is 0 Å². The van der Waals surface area contributed by atoms with Crippen molar-refractivity contribution in [3.8, 4) is 0 Å². The Bertz CT molecular complexity index is 327. The van der Waals surface area contributed by atoms with Crippen molar-refractivity contribution < 1.29 is 5.21 Å². The third-order valence-corrected chi connectivity index (χ3v) is 2.67. The van der Waals surface area contributed by atoms with Gasteiger partial charge in [-0.25, -0.2) is 0 Å². The Balaban J connectivity index is 3.18. The van der Waals surface area contributed by atoms with Gasteiger partial charge in [-0.05, 0) is 18.2 Å². The summed E-state index contributed by atoms with van der Waals surface area (Å²) in [5, 5.41) is 11.4. The first-order chi connectivity index (χ1) is 5.65. The lowest BCUT2D eigenvalue weighted by atomic mass is 10.2. The molecular formula is C7H4Br2ClNO. The zero-order chi connectivity index (χ0) is 9.14. The highest BCUT2D eigenvalue weighted by Gasteiger charge is 2.05. The summed E-state index contributed by atoms with van der Waals surface area (Å²) >= 11 is 12.2. The van der Waals surface area contributed by atoms with Crippen molar-refractivity contribution >= 4 is 48.6 Å². The van der Waals surface area contributed by atoms with Crippen LogP contribution in [0, 0.1) is 0 Å². The van der Waals surface area contributed by atoms with Crippen LogP contribution in [-0.2, 0) is 0 Å². The number of hydrogen-bond acceptors (Lipinski definition) is 2. The molecule has 5 heteroatoms. The lowest BCUT2D eigenvalue weighted by Crippen LogP contribution is -1.91. The molecule has 0 fully saturated rings. The second-order valence-corrected chi connectivity index (χ2v) is 4.14. The van der Waals surface area contributed by atoms with E-state index in [4.69, 9.17) is 16.8 Å². The summed E-state index contributed by atoms with van der Waals surface area (Å²) < 4.78 is 1.71. The average molecular weight is 313 g/mol. The molecule has 64 valence electrons. The van der Waals surface area contributed by atoms with Crippen LogP contribution in [0.4, 0.5) is 0 Å². The first-order valence-electron chi connectivity index (χ1n) is 2.98. The summed E-state index contributed by atoms with van der Waals surface area (Å²) in [6.07, 6.45) is 0. The maximum absolute atomic E-state index is 8.41. The van der Waals surface area contributed by atoms with E-state index in [0.717, 1.165) is 8.95 Å². The highest BCUT2D eigenvalue weighted by atomic mass is 79.9. The summed E-state index contributed by atoms with van der Waals surface area (Å²) in [5.41, 5.74) is 0.655. The van der Waals surface area contributed by atoms with Crippen molar-refractivity contribution in [2.45, 2.75) is 0 Å². The summed E-state index contributed by atoms with van der Waals surface area (Å²) in [6, 6.07) is 5.38. The summed E-state index contributed by atoms with van der Waals surface area (Å²) in [6.45, 7) is 0. The Hall–Kier alpha value is -0.0600. The lowest BCUT2D eigenvalue weighted by Gasteiger charge is -2.00. The fourth-order valence-corrected chi connectivity index (χ4v) is 2.22. The molecule has 1 aromatic rings. The van der Waals surface area contributed by atoms with E-state index in [1.807, 2.05) is 12.1 Å². The van der Waals surface area contributed by atoms with Gasteiger partial charge in [0.25, 0.3) is 0 Å². The van der Waals surface area contributed by atoms with Crippen molar-refractivity contribution in [3.63, 3.8) is 0 Å². The molecule has 0 bridgehead atoms. The van der Waals surface area contributed by atoms with Gasteiger partial charge in [0.1, 0.15) is 0 Å². The highest BCUT2D eigenvalue weighted by molar-refractivity contribution is 9.11. The first-order valence-corrected chi connectivity index (χ1v) is 4.94. The van der Waals surface area contributed by atoms with Gasteiger partial charge in [-0.15, -0.1) is 0 Å². The molecule has 0 aliphatic carbocycles. The molecule has 0 aliphatic rings. The van der Waals surface area contributed by atoms with E-state index < -0.39 is 0 Å². The number of hydrogen-bond donors (Lipinski definition) is 1. The molecule has 0 saturated heterocycles. The molecule has 1 aromatic carbocycles. The number of benzene rings is 1. The Morgan fingerprint density at radius 1 is 1.42 bits per heavy atom. The van der Waals surface area contributed by atoms with Crippen LogP contribution in [0.25, 0.3) is 0 Å². The molecule has 12 heavy (non-hydrogen) atoms. The molecule has 0 aromatic heterocycles. The highest BCUT2D eigenvalue weighted by Crippen LogP contribution is 2.23. The van der Waals surface area contributed by atoms with E-state index >= 15 is 0 Å². The standard InChI is InChI=1S/C7H4Br2ClNO/c8-4-1-2-5(6(9)3-4)7(10)11-12/h1-3,12H. The van der Waals surface area contributed by atoms with Gasteiger partial charge < -0.3 is 5.21 Å².